The van der Waals surface area contributed by atoms with Crippen molar-refractivity contribution in [2.24, 2.45) is 0 Å². The van der Waals surface area contributed by atoms with Crippen molar-refractivity contribution in [1.29, 1.82) is 0 Å². The van der Waals surface area contributed by atoms with E-state index in [4.69, 9.17) is 23.2 Å². The van der Waals surface area contributed by atoms with Crippen LogP contribution in [-0.2, 0) is 0 Å². The zero-order valence-corrected chi connectivity index (χ0v) is 16.8. The third-order valence-electron chi connectivity index (χ3n) is 3.58. The van der Waals surface area contributed by atoms with Crippen molar-refractivity contribution >= 4 is 62.4 Å². The first-order chi connectivity index (χ1) is 12.6. The molecular weight excluding hydrogens is 431 g/mol. The van der Waals surface area contributed by atoms with Crippen LogP contribution in [0.15, 0.2) is 83.3 Å². The van der Waals surface area contributed by atoms with Gasteiger partial charge in [-0.15, -0.1) is 0 Å². The number of hydrogen-bond donors (Lipinski definition) is 2. The van der Waals surface area contributed by atoms with Crippen LogP contribution in [0.5, 0.6) is 0 Å². The van der Waals surface area contributed by atoms with E-state index in [2.05, 4.69) is 26.2 Å². The second-order valence-electron chi connectivity index (χ2n) is 5.54. The summed E-state index contributed by atoms with van der Waals surface area (Å²) in [6.45, 7) is 0. The highest BCUT2D eigenvalue weighted by Gasteiger charge is 2.04. The van der Waals surface area contributed by atoms with Gasteiger partial charge in [-0.3, -0.25) is 0 Å². The number of benzene rings is 3. The first-order valence-corrected chi connectivity index (χ1v) is 9.49. The Labute approximate surface area is 171 Å². The van der Waals surface area contributed by atoms with Crippen LogP contribution in [0.3, 0.4) is 0 Å². The monoisotopic (exact) mass is 445 g/mol. The Bertz CT molecular complexity index is 950. The van der Waals surface area contributed by atoms with Gasteiger partial charge >= 0.3 is 0 Å². The Kier molecular flexibility index (Phi) is 6.51. The summed E-state index contributed by atoms with van der Waals surface area (Å²) in [5, 5.41) is 4.80. The minimum atomic E-state index is 0.686. The molecule has 0 saturated heterocycles. The average molecular weight is 447 g/mol. The van der Waals surface area contributed by atoms with Gasteiger partial charge in [-0.05, 0) is 42.0 Å². The van der Waals surface area contributed by atoms with Gasteiger partial charge in [0.15, 0.2) is 6.21 Å². The first kappa shape index (κ1) is 18.7. The molecular formula is C21H16BrCl2N2+. The quantitative estimate of drug-likeness (QED) is 0.483. The standard InChI is InChI=1S/C21H15BrCl2N2/c22-16-9-7-15(8-10-16)21(26-20-6-2-4-18(24)14-20)11-12-25-19-5-1-3-17(23)13-19/h1-14,26H/p+1. The number of nitrogens with one attached hydrogen (secondary N) is 2. The van der Waals surface area contributed by atoms with Gasteiger partial charge in [0.2, 0.25) is 5.69 Å². The first-order valence-electron chi connectivity index (χ1n) is 7.94. The van der Waals surface area contributed by atoms with Gasteiger partial charge in [-0.2, -0.15) is 0 Å². The molecule has 0 unspecified atom stereocenters. The summed E-state index contributed by atoms with van der Waals surface area (Å²) >= 11 is 15.6. The maximum atomic E-state index is 6.10. The SMILES string of the molecule is Clc1cccc(NC(=CC=[NH+]c2cccc(Cl)c2)c2ccc(Br)cc2)c1. The molecule has 3 aromatic carbocycles. The fourth-order valence-electron chi connectivity index (χ4n) is 2.36. The molecule has 5 heteroatoms. The topological polar surface area (TPSA) is 26.0 Å². The van der Waals surface area contributed by atoms with Crippen LogP contribution in [0.25, 0.3) is 5.70 Å². The fourth-order valence-corrected chi connectivity index (χ4v) is 3.01. The molecule has 0 heterocycles. The molecule has 0 aliphatic rings. The lowest BCUT2D eigenvalue weighted by molar-refractivity contribution is -0.346. The highest BCUT2D eigenvalue weighted by atomic mass is 79.9. The maximum absolute atomic E-state index is 6.10. The lowest BCUT2D eigenvalue weighted by Crippen LogP contribution is -2.61. The molecule has 0 radical (unpaired) electrons. The van der Waals surface area contributed by atoms with E-state index in [0.29, 0.717) is 10.0 Å². The summed E-state index contributed by atoms with van der Waals surface area (Å²) in [5.41, 5.74) is 3.83. The highest BCUT2D eigenvalue weighted by molar-refractivity contribution is 9.10. The zero-order chi connectivity index (χ0) is 18.4. The molecule has 0 aliphatic carbocycles. The van der Waals surface area contributed by atoms with Crippen LogP contribution in [0, 0.1) is 0 Å². The van der Waals surface area contributed by atoms with Crippen molar-refractivity contribution in [3.8, 4) is 0 Å². The molecule has 130 valence electrons. The molecule has 0 bridgehead atoms. The van der Waals surface area contributed by atoms with Gasteiger partial charge in [0.1, 0.15) is 0 Å². The predicted molar refractivity (Wildman–Crippen MR) is 115 cm³/mol. The third kappa shape index (κ3) is 5.46. The van der Waals surface area contributed by atoms with Crippen LogP contribution in [0.2, 0.25) is 10.0 Å². The molecule has 0 fully saturated rings. The molecule has 26 heavy (non-hydrogen) atoms. The second-order valence-corrected chi connectivity index (χ2v) is 7.33. The van der Waals surface area contributed by atoms with E-state index >= 15 is 0 Å². The van der Waals surface area contributed by atoms with Crippen molar-refractivity contribution in [2.75, 3.05) is 5.32 Å². The molecule has 0 spiro atoms. The van der Waals surface area contributed by atoms with Crippen LogP contribution >= 0.6 is 39.1 Å². The lowest BCUT2D eigenvalue weighted by atomic mass is 10.1. The Morgan fingerprint density at radius 3 is 2.27 bits per heavy atom. The zero-order valence-electron chi connectivity index (χ0n) is 13.7. The molecule has 0 aromatic heterocycles. The summed E-state index contributed by atoms with van der Waals surface area (Å²) in [7, 11) is 0. The van der Waals surface area contributed by atoms with E-state index in [1.165, 1.54) is 0 Å². The van der Waals surface area contributed by atoms with Gasteiger partial charge in [-0.1, -0.05) is 63.4 Å². The molecule has 2 N–H and O–H groups in total. The fraction of sp³-hybridized carbons (Fsp3) is 0. The van der Waals surface area contributed by atoms with Crippen molar-refractivity contribution in [3.63, 3.8) is 0 Å². The number of halogens is 3. The number of allylic oxidation sites excluding steroid dienone is 1. The molecule has 3 rings (SSSR count). The normalized spacial score (nSPS) is 11.7. The summed E-state index contributed by atoms with van der Waals surface area (Å²) in [6.07, 6.45) is 3.85. The third-order valence-corrected chi connectivity index (χ3v) is 4.58. The average Bonchev–Trinajstić information content (AvgIpc) is 2.62. The largest absolute Gasteiger partial charge is 0.355 e. The second kappa shape index (κ2) is 9.04. The molecule has 0 atom stereocenters. The maximum Gasteiger partial charge on any atom is 0.204 e. The van der Waals surface area contributed by atoms with Gasteiger partial charge in [-0.25, -0.2) is 4.99 Å². The number of rotatable bonds is 5. The lowest BCUT2D eigenvalue weighted by Gasteiger charge is -2.11. The van der Waals surface area contributed by atoms with E-state index in [1.54, 1.807) is 0 Å². The van der Waals surface area contributed by atoms with Crippen LogP contribution < -0.4 is 10.3 Å². The minimum Gasteiger partial charge on any atom is -0.355 e. The Morgan fingerprint density at radius 2 is 1.58 bits per heavy atom. The smallest absolute Gasteiger partial charge is 0.204 e. The van der Waals surface area contributed by atoms with E-state index in [1.807, 2.05) is 85.1 Å². The van der Waals surface area contributed by atoms with Gasteiger partial charge in [0, 0.05) is 38.4 Å². The van der Waals surface area contributed by atoms with Crippen molar-refractivity contribution < 1.29 is 4.99 Å². The number of anilines is 1. The Hall–Kier alpha value is -2.07. The highest BCUT2D eigenvalue weighted by Crippen LogP contribution is 2.22. The van der Waals surface area contributed by atoms with Crippen molar-refractivity contribution in [3.05, 3.63) is 99.0 Å². The van der Waals surface area contributed by atoms with E-state index < -0.39 is 0 Å². The molecule has 0 amide bonds. The molecule has 0 aliphatic heterocycles. The van der Waals surface area contributed by atoms with Crippen molar-refractivity contribution in [1.82, 2.24) is 0 Å². The Morgan fingerprint density at radius 1 is 0.885 bits per heavy atom. The molecule has 3 aromatic rings. The Balaban J connectivity index is 1.90. The number of hydrogen-bond acceptors (Lipinski definition) is 1. The summed E-state index contributed by atoms with van der Waals surface area (Å²) in [5.74, 6) is 0. The predicted octanol–water partition coefficient (Wildman–Crippen LogP) is 5.69. The molecule has 2 nitrogen and oxygen atoms in total. The summed E-state index contributed by atoms with van der Waals surface area (Å²) in [4.78, 5) is 3.23. The summed E-state index contributed by atoms with van der Waals surface area (Å²) in [6, 6.07) is 23.3. The van der Waals surface area contributed by atoms with Crippen LogP contribution in [0.1, 0.15) is 5.56 Å². The van der Waals surface area contributed by atoms with Crippen LogP contribution in [-0.4, -0.2) is 6.21 Å². The summed E-state index contributed by atoms with van der Waals surface area (Å²) < 4.78 is 1.03. The minimum absolute atomic E-state index is 0.686. The van der Waals surface area contributed by atoms with Crippen LogP contribution in [0.4, 0.5) is 11.4 Å². The van der Waals surface area contributed by atoms with Gasteiger partial charge in [0.05, 0.1) is 5.70 Å². The van der Waals surface area contributed by atoms with Crippen molar-refractivity contribution in [2.45, 2.75) is 0 Å². The van der Waals surface area contributed by atoms with E-state index in [9.17, 15) is 0 Å². The van der Waals surface area contributed by atoms with Gasteiger partial charge < -0.3 is 5.32 Å². The van der Waals surface area contributed by atoms with E-state index in [0.717, 1.165) is 27.1 Å². The molecule has 0 saturated carbocycles. The van der Waals surface area contributed by atoms with E-state index in [-0.39, 0.29) is 0 Å². The van der Waals surface area contributed by atoms with Gasteiger partial charge in [0.25, 0.3) is 0 Å².